The zero-order valence-corrected chi connectivity index (χ0v) is 13.5. The summed E-state index contributed by atoms with van der Waals surface area (Å²) in [4.78, 5) is 13.4. The number of rotatable bonds is 7. The molecule has 4 nitrogen and oxygen atoms in total. The van der Waals surface area contributed by atoms with Crippen molar-refractivity contribution in [2.75, 3.05) is 12.9 Å². The van der Waals surface area contributed by atoms with Crippen molar-refractivity contribution in [3.8, 4) is 0 Å². The van der Waals surface area contributed by atoms with Crippen LogP contribution in [0.2, 0.25) is 0 Å². The van der Waals surface area contributed by atoms with E-state index in [-0.39, 0.29) is 29.3 Å². The van der Waals surface area contributed by atoms with Gasteiger partial charge in [0, 0.05) is 9.75 Å². The average molecular weight is 316 g/mol. The number of ether oxygens (including phenoxy) is 1. The molecule has 1 aliphatic rings. The third kappa shape index (κ3) is 4.06. The summed E-state index contributed by atoms with van der Waals surface area (Å²) in [6, 6.07) is 3.87. The normalized spacial score (nSPS) is 16.9. The number of aryl methyl sites for hydroxylation is 1. The Bertz CT molecular complexity index is 582. The standard InChI is InChI=1S/C14H20O4S2/c1-3-11-4-5-12(19-11)9-20(16,17)10-14(6-7-14)8-13(15)18-2/h4-5H,3,6-10H2,1-2H3. The van der Waals surface area contributed by atoms with Crippen LogP contribution in [-0.2, 0) is 31.5 Å². The van der Waals surface area contributed by atoms with E-state index >= 15 is 0 Å². The number of methoxy groups -OCH3 is 1. The Kier molecular flexibility index (Phi) is 4.54. The van der Waals surface area contributed by atoms with E-state index < -0.39 is 9.84 Å². The highest BCUT2D eigenvalue weighted by Crippen LogP contribution is 2.50. The first-order valence-electron chi connectivity index (χ1n) is 6.73. The summed E-state index contributed by atoms with van der Waals surface area (Å²) in [5.74, 6) is -0.142. The highest BCUT2D eigenvalue weighted by Gasteiger charge is 2.47. The van der Waals surface area contributed by atoms with Gasteiger partial charge in [-0.1, -0.05) is 6.92 Å². The molecule has 6 heteroatoms. The van der Waals surface area contributed by atoms with Gasteiger partial charge in [-0.2, -0.15) is 0 Å². The zero-order valence-electron chi connectivity index (χ0n) is 11.8. The molecule has 112 valence electrons. The van der Waals surface area contributed by atoms with E-state index in [4.69, 9.17) is 0 Å². The highest BCUT2D eigenvalue weighted by atomic mass is 32.2. The third-order valence-corrected chi connectivity index (χ3v) is 6.87. The molecule has 1 heterocycles. The average Bonchev–Trinajstić information content (AvgIpc) is 2.95. The Labute approximate surface area is 124 Å². The van der Waals surface area contributed by atoms with Crippen LogP contribution in [0.3, 0.4) is 0 Å². The summed E-state index contributed by atoms with van der Waals surface area (Å²) in [5.41, 5.74) is -0.364. The van der Waals surface area contributed by atoms with E-state index in [1.807, 2.05) is 12.1 Å². The molecule has 1 aromatic rings. The second-order valence-corrected chi connectivity index (χ2v) is 8.82. The minimum absolute atomic E-state index is 0.0839. The molecular formula is C14H20O4S2. The van der Waals surface area contributed by atoms with Gasteiger partial charge in [-0.25, -0.2) is 8.42 Å². The lowest BCUT2D eigenvalue weighted by Gasteiger charge is -2.13. The van der Waals surface area contributed by atoms with Crippen LogP contribution in [0.5, 0.6) is 0 Å². The zero-order chi connectivity index (χ0) is 14.8. The van der Waals surface area contributed by atoms with Crippen LogP contribution >= 0.6 is 11.3 Å². The van der Waals surface area contributed by atoms with Gasteiger partial charge >= 0.3 is 5.97 Å². The first-order chi connectivity index (χ1) is 9.38. The molecule has 0 saturated heterocycles. The quantitative estimate of drug-likeness (QED) is 0.725. The molecule has 0 amide bonds. The number of thiophene rings is 1. The largest absolute Gasteiger partial charge is 0.469 e. The summed E-state index contributed by atoms with van der Waals surface area (Å²) in [5, 5.41) is 0. The van der Waals surface area contributed by atoms with Gasteiger partial charge in [0.15, 0.2) is 9.84 Å². The second-order valence-electron chi connectivity index (χ2n) is 5.51. The van der Waals surface area contributed by atoms with Crippen molar-refractivity contribution in [1.82, 2.24) is 0 Å². The van der Waals surface area contributed by atoms with E-state index in [0.29, 0.717) is 0 Å². The Balaban J connectivity index is 1.99. The molecule has 1 aliphatic carbocycles. The van der Waals surface area contributed by atoms with Crippen LogP contribution in [0.1, 0.15) is 35.9 Å². The van der Waals surface area contributed by atoms with E-state index in [9.17, 15) is 13.2 Å². The number of carbonyl (C=O) groups is 1. The Hall–Kier alpha value is -0.880. The molecule has 0 unspecified atom stereocenters. The van der Waals surface area contributed by atoms with Gasteiger partial charge in [0.2, 0.25) is 0 Å². The molecule has 1 aromatic heterocycles. The van der Waals surface area contributed by atoms with Gasteiger partial charge in [-0.3, -0.25) is 4.79 Å². The molecule has 20 heavy (non-hydrogen) atoms. The molecule has 0 atom stereocenters. The fraction of sp³-hybridized carbons (Fsp3) is 0.643. The van der Waals surface area contributed by atoms with Gasteiger partial charge in [0.25, 0.3) is 0 Å². The van der Waals surface area contributed by atoms with Gasteiger partial charge in [-0.05, 0) is 36.8 Å². The maximum atomic E-state index is 12.3. The number of hydrogen-bond acceptors (Lipinski definition) is 5. The molecule has 0 spiro atoms. The van der Waals surface area contributed by atoms with E-state index in [0.717, 1.165) is 24.1 Å². The van der Waals surface area contributed by atoms with E-state index in [1.54, 1.807) is 11.3 Å². The van der Waals surface area contributed by atoms with Gasteiger partial charge in [0.1, 0.15) is 0 Å². The monoisotopic (exact) mass is 316 g/mol. The van der Waals surface area contributed by atoms with Crippen molar-refractivity contribution in [3.05, 3.63) is 21.9 Å². The van der Waals surface area contributed by atoms with Crippen LogP contribution in [0.4, 0.5) is 0 Å². The second kappa shape index (κ2) is 5.85. The van der Waals surface area contributed by atoms with Crippen molar-refractivity contribution in [2.24, 2.45) is 5.41 Å². The molecule has 1 saturated carbocycles. The minimum Gasteiger partial charge on any atom is -0.469 e. The van der Waals surface area contributed by atoms with Crippen LogP contribution in [0, 0.1) is 5.41 Å². The molecule has 0 aliphatic heterocycles. The van der Waals surface area contributed by atoms with Crippen LogP contribution in [0.15, 0.2) is 12.1 Å². The van der Waals surface area contributed by atoms with Crippen molar-refractivity contribution in [3.63, 3.8) is 0 Å². The number of esters is 1. The Morgan fingerprint density at radius 2 is 2.00 bits per heavy atom. The lowest BCUT2D eigenvalue weighted by molar-refractivity contribution is -0.141. The van der Waals surface area contributed by atoms with E-state index in [2.05, 4.69) is 11.7 Å². The van der Waals surface area contributed by atoms with Gasteiger partial charge in [-0.15, -0.1) is 11.3 Å². The summed E-state index contributed by atoms with van der Waals surface area (Å²) < 4.78 is 29.2. The Morgan fingerprint density at radius 1 is 1.35 bits per heavy atom. The van der Waals surface area contributed by atoms with Crippen LogP contribution in [-0.4, -0.2) is 27.2 Å². The number of carbonyl (C=O) groups excluding carboxylic acids is 1. The number of hydrogen-bond donors (Lipinski definition) is 0. The fourth-order valence-electron chi connectivity index (χ4n) is 2.35. The first kappa shape index (κ1) is 15.5. The lowest BCUT2D eigenvalue weighted by atomic mass is 10.1. The smallest absolute Gasteiger partial charge is 0.306 e. The molecule has 2 rings (SSSR count). The molecular weight excluding hydrogens is 296 g/mol. The Morgan fingerprint density at radius 3 is 2.50 bits per heavy atom. The SMILES string of the molecule is CCc1ccc(CS(=O)(=O)CC2(CC(=O)OC)CC2)s1. The molecule has 0 aromatic carbocycles. The summed E-state index contributed by atoms with van der Waals surface area (Å²) in [6.07, 6.45) is 2.74. The fourth-order valence-corrected chi connectivity index (χ4v) is 5.83. The van der Waals surface area contributed by atoms with Crippen molar-refractivity contribution in [2.45, 2.75) is 38.4 Å². The maximum absolute atomic E-state index is 12.3. The summed E-state index contributed by atoms with van der Waals surface area (Å²) >= 11 is 1.55. The van der Waals surface area contributed by atoms with Crippen LogP contribution in [0.25, 0.3) is 0 Å². The molecule has 1 fully saturated rings. The molecule has 0 radical (unpaired) electrons. The lowest BCUT2D eigenvalue weighted by Crippen LogP contribution is -2.22. The van der Waals surface area contributed by atoms with E-state index in [1.165, 1.54) is 12.0 Å². The van der Waals surface area contributed by atoms with Crippen LogP contribution < -0.4 is 0 Å². The van der Waals surface area contributed by atoms with Crippen molar-refractivity contribution >= 4 is 27.1 Å². The van der Waals surface area contributed by atoms with Gasteiger partial charge in [0.05, 0.1) is 25.0 Å². The minimum atomic E-state index is -3.18. The van der Waals surface area contributed by atoms with Crippen molar-refractivity contribution in [1.29, 1.82) is 0 Å². The topological polar surface area (TPSA) is 60.4 Å². The van der Waals surface area contributed by atoms with Gasteiger partial charge < -0.3 is 4.74 Å². The predicted molar refractivity (Wildman–Crippen MR) is 79.5 cm³/mol. The predicted octanol–water partition coefficient (Wildman–Crippen LogP) is 2.57. The number of sulfone groups is 1. The molecule has 0 N–H and O–H groups in total. The molecule has 0 bridgehead atoms. The summed E-state index contributed by atoms with van der Waals surface area (Å²) in [6.45, 7) is 2.06. The summed E-state index contributed by atoms with van der Waals surface area (Å²) in [7, 11) is -1.84. The van der Waals surface area contributed by atoms with Crippen molar-refractivity contribution < 1.29 is 17.9 Å². The first-order valence-corrected chi connectivity index (χ1v) is 9.37. The highest BCUT2D eigenvalue weighted by molar-refractivity contribution is 7.90. The maximum Gasteiger partial charge on any atom is 0.306 e. The third-order valence-electron chi connectivity index (χ3n) is 3.66.